The molecule has 0 aliphatic carbocycles. The van der Waals surface area contributed by atoms with E-state index in [2.05, 4.69) is 0 Å². The predicted octanol–water partition coefficient (Wildman–Crippen LogP) is 2.48. The maximum atomic E-state index is 8.50. The van der Waals surface area contributed by atoms with Crippen LogP contribution in [0.3, 0.4) is 0 Å². The van der Waals surface area contributed by atoms with Crippen LogP contribution in [0.5, 0.6) is 0 Å². The monoisotopic (exact) mass is 275 g/mol. The van der Waals surface area contributed by atoms with Crippen molar-refractivity contribution in [2.24, 2.45) is 5.73 Å². The summed E-state index contributed by atoms with van der Waals surface area (Å²) in [4.78, 5) is 0. The molecule has 3 N–H and O–H groups in total. The Bertz CT molecular complexity index is 140. The largest absolute Gasteiger partial charge is 0.394 e. The molecule has 0 aliphatic rings. The van der Waals surface area contributed by atoms with E-state index in [1.54, 1.807) is 0 Å². The van der Waals surface area contributed by atoms with E-state index in [4.69, 9.17) is 20.3 Å². The first kappa shape index (κ1) is 18.8. The van der Waals surface area contributed by atoms with Gasteiger partial charge in [-0.25, -0.2) is 0 Å². The van der Waals surface area contributed by atoms with Crippen molar-refractivity contribution < 1.29 is 14.6 Å². The van der Waals surface area contributed by atoms with Gasteiger partial charge in [-0.1, -0.05) is 44.9 Å². The summed E-state index contributed by atoms with van der Waals surface area (Å²) in [7, 11) is 0. The van der Waals surface area contributed by atoms with Crippen LogP contribution in [0.15, 0.2) is 0 Å². The van der Waals surface area contributed by atoms with Crippen molar-refractivity contribution in [3.63, 3.8) is 0 Å². The Morgan fingerprint density at radius 3 is 1.58 bits per heavy atom. The lowest BCUT2D eigenvalue weighted by molar-refractivity contribution is 0.0321. The van der Waals surface area contributed by atoms with Gasteiger partial charge in [-0.15, -0.1) is 0 Å². The number of unbranched alkanes of at least 4 members (excludes halogenated alkanes) is 8. The maximum Gasteiger partial charge on any atom is 0.0701 e. The molecule has 0 radical (unpaired) electrons. The third kappa shape index (κ3) is 17.8. The second-order valence-electron chi connectivity index (χ2n) is 4.92. The summed E-state index contributed by atoms with van der Waals surface area (Å²) < 4.78 is 10.5. The number of hydrogen-bond donors (Lipinski definition) is 2. The van der Waals surface area contributed by atoms with Crippen LogP contribution < -0.4 is 5.73 Å². The van der Waals surface area contributed by atoms with Crippen LogP contribution in [0.4, 0.5) is 0 Å². The van der Waals surface area contributed by atoms with Gasteiger partial charge in [0.1, 0.15) is 0 Å². The third-order valence-corrected chi connectivity index (χ3v) is 3.10. The van der Waals surface area contributed by atoms with Crippen LogP contribution in [0, 0.1) is 0 Å². The lowest BCUT2D eigenvalue weighted by atomic mass is 10.1. The number of aliphatic hydroxyl groups is 1. The Balaban J connectivity index is 2.88. The zero-order valence-electron chi connectivity index (χ0n) is 12.4. The van der Waals surface area contributed by atoms with Gasteiger partial charge in [0, 0.05) is 6.61 Å². The molecule has 0 aliphatic heterocycles. The molecule has 0 saturated carbocycles. The normalized spacial score (nSPS) is 11.1. The van der Waals surface area contributed by atoms with Crippen LogP contribution in [0.25, 0.3) is 0 Å². The molecule has 19 heavy (non-hydrogen) atoms. The summed E-state index contributed by atoms with van der Waals surface area (Å²) >= 11 is 0. The minimum atomic E-state index is 0.0895. The van der Waals surface area contributed by atoms with Crippen LogP contribution in [0.2, 0.25) is 0 Å². The fraction of sp³-hybridized carbons (Fsp3) is 1.00. The average Bonchev–Trinajstić information content (AvgIpc) is 2.43. The van der Waals surface area contributed by atoms with E-state index >= 15 is 0 Å². The standard InChI is InChI=1S/C15H33NO3/c16-10-8-6-4-2-1-3-5-7-9-12-18-14-15-19-13-11-17/h17H,1-16H2. The molecule has 0 fully saturated rings. The first-order valence-electron chi connectivity index (χ1n) is 7.88. The highest BCUT2D eigenvalue weighted by Gasteiger charge is 1.93. The van der Waals surface area contributed by atoms with Crippen molar-refractivity contribution in [2.45, 2.75) is 57.8 Å². The molecule has 0 aromatic carbocycles. The van der Waals surface area contributed by atoms with Crippen molar-refractivity contribution in [2.75, 3.05) is 39.6 Å². The fourth-order valence-corrected chi connectivity index (χ4v) is 1.97. The van der Waals surface area contributed by atoms with Crippen LogP contribution in [-0.4, -0.2) is 44.7 Å². The van der Waals surface area contributed by atoms with E-state index in [1.165, 1.54) is 51.4 Å². The molecule has 0 rings (SSSR count). The van der Waals surface area contributed by atoms with Crippen LogP contribution in [0.1, 0.15) is 57.8 Å². The molecular formula is C15H33NO3. The van der Waals surface area contributed by atoms with Crippen molar-refractivity contribution in [1.82, 2.24) is 0 Å². The van der Waals surface area contributed by atoms with Gasteiger partial charge >= 0.3 is 0 Å². The van der Waals surface area contributed by atoms with Crippen molar-refractivity contribution in [3.8, 4) is 0 Å². The molecule has 0 bridgehead atoms. The molecule has 0 spiro atoms. The Morgan fingerprint density at radius 1 is 0.579 bits per heavy atom. The summed E-state index contributed by atoms with van der Waals surface area (Å²) in [5.41, 5.74) is 5.45. The highest BCUT2D eigenvalue weighted by atomic mass is 16.5. The van der Waals surface area contributed by atoms with Crippen LogP contribution in [-0.2, 0) is 9.47 Å². The average molecular weight is 275 g/mol. The van der Waals surface area contributed by atoms with Gasteiger partial charge in [0.15, 0.2) is 0 Å². The van der Waals surface area contributed by atoms with E-state index in [0.717, 1.165) is 19.6 Å². The Labute approximate surface area is 118 Å². The van der Waals surface area contributed by atoms with Crippen molar-refractivity contribution in [1.29, 1.82) is 0 Å². The predicted molar refractivity (Wildman–Crippen MR) is 79.3 cm³/mol. The van der Waals surface area contributed by atoms with E-state index in [9.17, 15) is 0 Å². The number of hydrogen-bond acceptors (Lipinski definition) is 4. The minimum absolute atomic E-state index is 0.0895. The van der Waals surface area contributed by atoms with Crippen molar-refractivity contribution >= 4 is 0 Å². The lowest BCUT2D eigenvalue weighted by Gasteiger charge is -2.05. The quantitative estimate of drug-likeness (QED) is 0.425. The second kappa shape index (κ2) is 17.8. The smallest absolute Gasteiger partial charge is 0.0701 e. The molecule has 0 amide bonds. The first-order valence-corrected chi connectivity index (χ1v) is 7.88. The number of nitrogens with two attached hydrogens (primary N) is 1. The van der Waals surface area contributed by atoms with Gasteiger partial charge in [-0.2, -0.15) is 0 Å². The summed E-state index contributed by atoms with van der Waals surface area (Å²) in [5.74, 6) is 0. The zero-order chi connectivity index (χ0) is 14.0. The summed E-state index contributed by atoms with van der Waals surface area (Å²) in [5, 5.41) is 8.50. The molecule has 0 unspecified atom stereocenters. The van der Waals surface area contributed by atoms with E-state index < -0.39 is 0 Å². The van der Waals surface area contributed by atoms with Gasteiger partial charge in [0.25, 0.3) is 0 Å². The fourth-order valence-electron chi connectivity index (χ4n) is 1.97. The molecule has 0 heterocycles. The summed E-state index contributed by atoms with van der Waals surface area (Å²) in [6, 6.07) is 0. The highest BCUT2D eigenvalue weighted by molar-refractivity contribution is 4.48. The molecule has 4 heteroatoms. The second-order valence-corrected chi connectivity index (χ2v) is 4.92. The van der Waals surface area contributed by atoms with E-state index in [0.29, 0.717) is 19.8 Å². The number of aliphatic hydroxyl groups excluding tert-OH is 1. The molecule has 4 nitrogen and oxygen atoms in total. The van der Waals surface area contributed by atoms with E-state index in [1.807, 2.05) is 0 Å². The third-order valence-electron chi connectivity index (χ3n) is 3.10. The van der Waals surface area contributed by atoms with Gasteiger partial charge in [0.2, 0.25) is 0 Å². The highest BCUT2D eigenvalue weighted by Crippen LogP contribution is 2.09. The van der Waals surface area contributed by atoms with E-state index in [-0.39, 0.29) is 6.61 Å². The first-order chi connectivity index (χ1) is 9.41. The molecule has 0 aromatic heterocycles. The van der Waals surface area contributed by atoms with Gasteiger partial charge in [-0.3, -0.25) is 0 Å². The number of ether oxygens (including phenoxy) is 2. The van der Waals surface area contributed by atoms with Crippen molar-refractivity contribution in [3.05, 3.63) is 0 Å². The minimum Gasteiger partial charge on any atom is -0.394 e. The van der Waals surface area contributed by atoms with Gasteiger partial charge < -0.3 is 20.3 Å². The topological polar surface area (TPSA) is 64.7 Å². The molecule has 0 atom stereocenters. The zero-order valence-corrected chi connectivity index (χ0v) is 12.4. The molecular weight excluding hydrogens is 242 g/mol. The summed E-state index contributed by atoms with van der Waals surface area (Å²) in [6.07, 6.45) is 11.6. The van der Waals surface area contributed by atoms with Gasteiger partial charge in [0.05, 0.1) is 26.4 Å². The molecule has 116 valence electrons. The number of rotatable bonds is 16. The Hall–Kier alpha value is -0.160. The van der Waals surface area contributed by atoms with Crippen LogP contribution >= 0.6 is 0 Å². The molecule has 0 saturated heterocycles. The maximum absolute atomic E-state index is 8.50. The Kier molecular flexibility index (Phi) is 17.7. The summed E-state index contributed by atoms with van der Waals surface area (Å²) in [6.45, 7) is 3.40. The lowest BCUT2D eigenvalue weighted by Crippen LogP contribution is -2.07. The van der Waals surface area contributed by atoms with Gasteiger partial charge in [-0.05, 0) is 19.4 Å². The SMILES string of the molecule is NCCCCCCCCCCCOCCOCCO. The Morgan fingerprint density at radius 2 is 1.05 bits per heavy atom. The molecule has 0 aromatic rings.